The Morgan fingerprint density at radius 3 is 2.54 bits per heavy atom. The van der Waals surface area contributed by atoms with Gasteiger partial charge in [0.05, 0.1) is 6.04 Å². The second-order valence-electron chi connectivity index (χ2n) is 7.92. The standard InChI is InChI=1S/C23H27FN2O2/c1-13(2)16-8-5-7-14(3)20(16)25-22(27)23(28)26-21-15(4)11-12-17-18(21)9-6-10-19(17)24/h5-10,13,15,21H,11-12H2,1-4H3,(H,25,27)(H,26,28)/t15-,21+/m0/s1. The van der Waals surface area contributed by atoms with Gasteiger partial charge >= 0.3 is 11.8 Å². The van der Waals surface area contributed by atoms with Gasteiger partial charge in [-0.25, -0.2) is 4.39 Å². The lowest BCUT2D eigenvalue weighted by molar-refractivity contribution is -0.136. The lowest BCUT2D eigenvalue weighted by Gasteiger charge is -2.32. The number of aryl methyl sites for hydroxylation is 1. The molecule has 2 atom stereocenters. The van der Waals surface area contributed by atoms with Crippen LogP contribution in [0, 0.1) is 18.7 Å². The minimum Gasteiger partial charge on any atom is -0.341 e. The molecule has 2 aromatic rings. The number of amides is 2. The number of hydrogen-bond donors (Lipinski definition) is 2. The van der Waals surface area contributed by atoms with Gasteiger partial charge in [-0.2, -0.15) is 0 Å². The van der Waals surface area contributed by atoms with E-state index >= 15 is 0 Å². The molecule has 1 aliphatic rings. The fourth-order valence-electron chi connectivity index (χ4n) is 3.92. The highest BCUT2D eigenvalue weighted by atomic mass is 19.1. The van der Waals surface area contributed by atoms with Gasteiger partial charge < -0.3 is 10.6 Å². The van der Waals surface area contributed by atoms with Crippen LogP contribution >= 0.6 is 0 Å². The molecule has 0 saturated heterocycles. The van der Waals surface area contributed by atoms with Gasteiger partial charge in [-0.05, 0) is 59.9 Å². The van der Waals surface area contributed by atoms with Crippen LogP contribution in [0.25, 0.3) is 0 Å². The van der Waals surface area contributed by atoms with Gasteiger partial charge in [-0.1, -0.05) is 51.1 Å². The van der Waals surface area contributed by atoms with Crippen molar-refractivity contribution in [3.63, 3.8) is 0 Å². The topological polar surface area (TPSA) is 58.2 Å². The van der Waals surface area contributed by atoms with Gasteiger partial charge in [0.25, 0.3) is 0 Å². The van der Waals surface area contributed by atoms with Crippen molar-refractivity contribution in [3.05, 3.63) is 64.5 Å². The summed E-state index contributed by atoms with van der Waals surface area (Å²) in [7, 11) is 0. The third-order valence-electron chi connectivity index (χ3n) is 5.57. The van der Waals surface area contributed by atoms with E-state index in [0.717, 1.165) is 23.1 Å². The van der Waals surface area contributed by atoms with Crippen molar-refractivity contribution in [1.82, 2.24) is 5.32 Å². The molecule has 0 radical (unpaired) electrons. The van der Waals surface area contributed by atoms with Crippen molar-refractivity contribution in [2.45, 2.75) is 52.5 Å². The molecule has 28 heavy (non-hydrogen) atoms. The molecule has 2 amide bonds. The zero-order chi connectivity index (χ0) is 20.4. The first-order valence-electron chi connectivity index (χ1n) is 9.78. The van der Waals surface area contributed by atoms with E-state index in [-0.39, 0.29) is 23.7 Å². The maximum atomic E-state index is 14.1. The molecule has 0 unspecified atom stereocenters. The molecular formula is C23H27FN2O2. The number of benzene rings is 2. The first-order chi connectivity index (χ1) is 13.3. The van der Waals surface area contributed by atoms with Gasteiger partial charge in [0, 0.05) is 5.69 Å². The van der Waals surface area contributed by atoms with Crippen LogP contribution in [-0.4, -0.2) is 11.8 Å². The smallest absolute Gasteiger partial charge is 0.313 e. The highest BCUT2D eigenvalue weighted by Gasteiger charge is 2.31. The number of anilines is 1. The molecule has 148 valence electrons. The number of rotatable bonds is 3. The van der Waals surface area contributed by atoms with Crippen LogP contribution in [0.5, 0.6) is 0 Å². The molecule has 0 spiro atoms. The van der Waals surface area contributed by atoms with Crippen LogP contribution in [-0.2, 0) is 16.0 Å². The number of carbonyl (C=O) groups excluding carboxylic acids is 2. The zero-order valence-electron chi connectivity index (χ0n) is 16.8. The van der Waals surface area contributed by atoms with Crippen molar-refractivity contribution >= 4 is 17.5 Å². The zero-order valence-corrected chi connectivity index (χ0v) is 16.8. The number of carbonyl (C=O) groups is 2. The number of hydrogen-bond acceptors (Lipinski definition) is 2. The molecule has 3 rings (SSSR count). The fraction of sp³-hybridized carbons (Fsp3) is 0.391. The highest BCUT2D eigenvalue weighted by Crippen LogP contribution is 2.35. The summed E-state index contributed by atoms with van der Waals surface area (Å²) in [6, 6.07) is 10.3. The molecule has 4 nitrogen and oxygen atoms in total. The minimum atomic E-state index is -0.702. The lowest BCUT2D eigenvalue weighted by Crippen LogP contribution is -2.41. The summed E-state index contributed by atoms with van der Waals surface area (Å²) in [6.45, 7) is 8.00. The first-order valence-corrected chi connectivity index (χ1v) is 9.78. The summed E-state index contributed by atoms with van der Waals surface area (Å²) in [5.74, 6) is -1.32. The average Bonchev–Trinajstić information content (AvgIpc) is 2.65. The Bertz CT molecular complexity index is 907. The Balaban J connectivity index is 1.80. The van der Waals surface area contributed by atoms with Crippen molar-refractivity contribution < 1.29 is 14.0 Å². The van der Waals surface area contributed by atoms with Crippen LogP contribution < -0.4 is 10.6 Å². The second kappa shape index (κ2) is 8.13. The SMILES string of the molecule is Cc1cccc(C(C)C)c1NC(=O)C(=O)N[C@H]1c2cccc(F)c2CC[C@@H]1C. The van der Waals surface area contributed by atoms with Crippen LogP contribution in [0.15, 0.2) is 36.4 Å². The molecule has 0 aromatic heterocycles. The lowest BCUT2D eigenvalue weighted by atomic mass is 9.80. The monoisotopic (exact) mass is 382 g/mol. The van der Waals surface area contributed by atoms with E-state index in [1.165, 1.54) is 6.07 Å². The third-order valence-corrected chi connectivity index (χ3v) is 5.57. The van der Waals surface area contributed by atoms with Gasteiger partial charge in [0.2, 0.25) is 0 Å². The maximum absolute atomic E-state index is 14.1. The van der Waals surface area contributed by atoms with E-state index in [0.29, 0.717) is 17.7 Å². The van der Waals surface area contributed by atoms with E-state index in [1.54, 1.807) is 6.07 Å². The van der Waals surface area contributed by atoms with Crippen molar-refractivity contribution in [2.24, 2.45) is 5.92 Å². The van der Waals surface area contributed by atoms with Crippen LogP contribution in [0.4, 0.5) is 10.1 Å². The molecule has 0 saturated carbocycles. The second-order valence-corrected chi connectivity index (χ2v) is 7.92. The predicted octanol–water partition coefficient (Wildman–Crippen LogP) is 4.64. The van der Waals surface area contributed by atoms with Crippen LogP contribution in [0.3, 0.4) is 0 Å². The summed E-state index contributed by atoms with van der Waals surface area (Å²) < 4.78 is 14.1. The normalized spacial score (nSPS) is 18.5. The summed E-state index contributed by atoms with van der Waals surface area (Å²) >= 11 is 0. The Hall–Kier alpha value is -2.69. The molecule has 0 fully saturated rings. The average molecular weight is 382 g/mol. The van der Waals surface area contributed by atoms with Crippen molar-refractivity contribution in [3.8, 4) is 0 Å². The van der Waals surface area contributed by atoms with Gasteiger partial charge in [-0.3, -0.25) is 9.59 Å². The molecule has 2 aromatic carbocycles. The molecule has 0 heterocycles. The number of nitrogens with one attached hydrogen (secondary N) is 2. The quantitative estimate of drug-likeness (QED) is 0.760. The van der Waals surface area contributed by atoms with E-state index in [1.807, 2.05) is 52.0 Å². The third kappa shape index (κ3) is 3.93. The number of fused-ring (bicyclic) bond motifs is 1. The molecule has 1 aliphatic carbocycles. The van der Waals surface area contributed by atoms with Gasteiger partial charge in [0.15, 0.2) is 0 Å². The predicted molar refractivity (Wildman–Crippen MR) is 109 cm³/mol. The Morgan fingerprint density at radius 1 is 1.11 bits per heavy atom. The van der Waals surface area contributed by atoms with E-state index in [2.05, 4.69) is 10.6 Å². The van der Waals surface area contributed by atoms with Crippen molar-refractivity contribution in [1.29, 1.82) is 0 Å². The molecular weight excluding hydrogens is 355 g/mol. The minimum absolute atomic E-state index is 0.121. The van der Waals surface area contributed by atoms with E-state index in [4.69, 9.17) is 0 Å². The number of halogens is 1. The Labute approximate surface area is 165 Å². The summed E-state index contributed by atoms with van der Waals surface area (Å²) in [5, 5.41) is 5.60. The largest absolute Gasteiger partial charge is 0.341 e. The van der Waals surface area contributed by atoms with Gasteiger partial charge in [0.1, 0.15) is 5.82 Å². The van der Waals surface area contributed by atoms with E-state index in [9.17, 15) is 14.0 Å². The fourth-order valence-corrected chi connectivity index (χ4v) is 3.92. The van der Waals surface area contributed by atoms with Gasteiger partial charge in [-0.15, -0.1) is 0 Å². The van der Waals surface area contributed by atoms with Crippen LogP contribution in [0.1, 0.15) is 61.4 Å². The molecule has 0 aliphatic heterocycles. The highest BCUT2D eigenvalue weighted by molar-refractivity contribution is 6.39. The van der Waals surface area contributed by atoms with E-state index < -0.39 is 11.8 Å². The Kier molecular flexibility index (Phi) is 5.82. The number of para-hydroxylation sites is 1. The summed E-state index contributed by atoms with van der Waals surface area (Å²) in [5.41, 5.74) is 3.97. The molecule has 2 N–H and O–H groups in total. The molecule has 5 heteroatoms. The van der Waals surface area contributed by atoms with Crippen LogP contribution in [0.2, 0.25) is 0 Å². The maximum Gasteiger partial charge on any atom is 0.313 e. The Morgan fingerprint density at radius 2 is 1.82 bits per heavy atom. The summed E-state index contributed by atoms with van der Waals surface area (Å²) in [6.07, 6.45) is 1.40. The first kappa shape index (κ1) is 20.1. The summed E-state index contributed by atoms with van der Waals surface area (Å²) in [4.78, 5) is 25.2. The molecule has 0 bridgehead atoms. The van der Waals surface area contributed by atoms with Crippen molar-refractivity contribution in [2.75, 3.05) is 5.32 Å².